The van der Waals surface area contributed by atoms with Crippen LogP contribution >= 0.6 is 15.9 Å². The second kappa shape index (κ2) is 8.44. The van der Waals surface area contributed by atoms with Crippen molar-refractivity contribution in [2.75, 3.05) is 5.33 Å². The highest BCUT2D eigenvalue weighted by Gasteiger charge is 2.27. The Hall–Kier alpha value is -1.000. The molecule has 1 heteroatoms. The lowest BCUT2D eigenvalue weighted by Crippen LogP contribution is -2.19. The quantitative estimate of drug-likeness (QED) is 0.316. The van der Waals surface area contributed by atoms with Crippen LogP contribution in [0.15, 0.2) is 46.6 Å². The van der Waals surface area contributed by atoms with E-state index in [1.807, 2.05) is 0 Å². The van der Waals surface area contributed by atoms with E-state index in [0.29, 0.717) is 0 Å². The van der Waals surface area contributed by atoms with Crippen LogP contribution in [-0.4, -0.2) is 5.33 Å². The van der Waals surface area contributed by atoms with Crippen LogP contribution in [0, 0.1) is 17.3 Å². The summed E-state index contributed by atoms with van der Waals surface area (Å²) in [7, 11) is 0. The minimum absolute atomic E-state index is 0.237. The summed E-state index contributed by atoms with van der Waals surface area (Å²) < 4.78 is 0. The van der Waals surface area contributed by atoms with Crippen LogP contribution in [0.3, 0.4) is 0 Å². The number of hydrogen-bond donors (Lipinski definition) is 0. The summed E-state index contributed by atoms with van der Waals surface area (Å²) in [5.74, 6) is 6.75. The SMILES string of the molecule is CC(C#CC1=C(C)CCCC1(C)C)=CC=CC(C)=CCBr. The van der Waals surface area contributed by atoms with Crippen LogP contribution in [0.5, 0.6) is 0 Å². The number of allylic oxidation sites excluding steroid dienone is 8. The third-order valence-electron chi connectivity index (χ3n) is 3.95. The molecule has 0 heterocycles. The molecule has 0 amide bonds. The fraction of sp³-hybridized carbons (Fsp3) is 0.500. The first kappa shape index (κ1) is 18.1. The maximum atomic E-state index is 3.43. The Kier molecular flexibility index (Phi) is 7.26. The molecule has 114 valence electrons. The Balaban J connectivity index is 2.84. The summed E-state index contributed by atoms with van der Waals surface area (Å²) in [4.78, 5) is 0. The molecule has 0 aromatic carbocycles. The third kappa shape index (κ3) is 6.10. The minimum atomic E-state index is 0.237. The first-order valence-electron chi connectivity index (χ1n) is 7.67. The normalized spacial score (nSPS) is 19.7. The Morgan fingerprint density at radius 2 is 2.05 bits per heavy atom. The highest BCUT2D eigenvalue weighted by molar-refractivity contribution is 9.09. The van der Waals surface area contributed by atoms with E-state index in [9.17, 15) is 0 Å². The maximum absolute atomic E-state index is 3.43. The van der Waals surface area contributed by atoms with Crippen LogP contribution in [0.25, 0.3) is 0 Å². The van der Waals surface area contributed by atoms with Gasteiger partial charge in [-0.05, 0) is 51.0 Å². The maximum Gasteiger partial charge on any atom is 0.0217 e. The molecule has 0 aromatic rings. The van der Waals surface area contributed by atoms with E-state index in [4.69, 9.17) is 0 Å². The average Bonchev–Trinajstić information content (AvgIpc) is 2.37. The summed E-state index contributed by atoms with van der Waals surface area (Å²) in [6, 6.07) is 0. The monoisotopic (exact) mass is 346 g/mol. The molecule has 21 heavy (non-hydrogen) atoms. The van der Waals surface area contributed by atoms with Crippen molar-refractivity contribution >= 4 is 15.9 Å². The molecule has 0 spiro atoms. The fourth-order valence-corrected chi connectivity index (χ4v) is 3.15. The van der Waals surface area contributed by atoms with Gasteiger partial charge in [-0.1, -0.05) is 77.1 Å². The molecule has 0 aromatic heterocycles. The second-order valence-electron chi connectivity index (χ2n) is 6.45. The first-order chi connectivity index (χ1) is 9.86. The molecule has 1 aliphatic carbocycles. The summed E-state index contributed by atoms with van der Waals surface area (Å²) in [5, 5.41) is 0.897. The van der Waals surface area contributed by atoms with Crippen molar-refractivity contribution in [1.82, 2.24) is 0 Å². The van der Waals surface area contributed by atoms with Gasteiger partial charge in [0.2, 0.25) is 0 Å². The number of hydrogen-bond acceptors (Lipinski definition) is 0. The Morgan fingerprint density at radius 1 is 1.33 bits per heavy atom. The largest absolute Gasteiger partial charge is 0.0883 e. The van der Waals surface area contributed by atoms with Gasteiger partial charge in [0.05, 0.1) is 0 Å². The van der Waals surface area contributed by atoms with Crippen LogP contribution in [0.4, 0.5) is 0 Å². The third-order valence-corrected chi connectivity index (χ3v) is 4.27. The van der Waals surface area contributed by atoms with Gasteiger partial charge in [0.15, 0.2) is 0 Å². The average molecular weight is 347 g/mol. The number of alkyl halides is 1. The summed E-state index contributed by atoms with van der Waals surface area (Å²) >= 11 is 3.40. The highest BCUT2D eigenvalue weighted by Crippen LogP contribution is 2.39. The summed E-state index contributed by atoms with van der Waals surface area (Å²) in [6.07, 6.45) is 12.2. The molecule has 0 atom stereocenters. The lowest BCUT2D eigenvalue weighted by Gasteiger charge is -2.31. The van der Waals surface area contributed by atoms with Crippen molar-refractivity contribution in [3.63, 3.8) is 0 Å². The molecule has 0 radical (unpaired) electrons. The van der Waals surface area contributed by atoms with Crippen molar-refractivity contribution in [3.05, 3.63) is 46.6 Å². The van der Waals surface area contributed by atoms with Gasteiger partial charge in [0.1, 0.15) is 0 Å². The summed E-state index contributed by atoms with van der Waals surface area (Å²) in [5.41, 5.74) is 5.43. The molecule has 0 saturated carbocycles. The van der Waals surface area contributed by atoms with Crippen molar-refractivity contribution in [2.45, 2.75) is 53.9 Å². The van der Waals surface area contributed by atoms with Gasteiger partial charge in [-0.15, -0.1) is 0 Å². The number of halogens is 1. The Morgan fingerprint density at radius 3 is 2.67 bits per heavy atom. The van der Waals surface area contributed by atoms with Gasteiger partial charge in [-0.25, -0.2) is 0 Å². The van der Waals surface area contributed by atoms with Crippen molar-refractivity contribution < 1.29 is 0 Å². The smallest absolute Gasteiger partial charge is 0.0217 e. The molecule has 0 bridgehead atoms. The first-order valence-corrected chi connectivity index (χ1v) is 8.79. The van der Waals surface area contributed by atoms with E-state index < -0.39 is 0 Å². The Labute approximate surface area is 139 Å². The van der Waals surface area contributed by atoms with Gasteiger partial charge in [0, 0.05) is 10.9 Å². The van der Waals surface area contributed by atoms with Crippen LogP contribution in [-0.2, 0) is 0 Å². The second-order valence-corrected chi connectivity index (χ2v) is 7.10. The van der Waals surface area contributed by atoms with Crippen molar-refractivity contribution in [1.29, 1.82) is 0 Å². The molecule has 0 nitrogen and oxygen atoms in total. The van der Waals surface area contributed by atoms with Gasteiger partial charge in [0.25, 0.3) is 0 Å². The predicted molar refractivity (Wildman–Crippen MR) is 98.6 cm³/mol. The van der Waals surface area contributed by atoms with Gasteiger partial charge in [-0.3, -0.25) is 0 Å². The molecular weight excluding hydrogens is 320 g/mol. The molecule has 0 saturated heterocycles. The van der Waals surface area contributed by atoms with Crippen molar-refractivity contribution in [2.24, 2.45) is 5.41 Å². The number of rotatable bonds is 3. The van der Waals surface area contributed by atoms with E-state index in [2.05, 4.69) is 86.7 Å². The molecule has 1 aliphatic rings. The molecule has 0 fully saturated rings. The van der Waals surface area contributed by atoms with Crippen molar-refractivity contribution in [3.8, 4) is 11.8 Å². The Bertz CT molecular complexity index is 542. The van der Waals surface area contributed by atoms with E-state index in [1.165, 1.54) is 36.0 Å². The van der Waals surface area contributed by atoms with Gasteiger partial charge < -0.3 is 0 Å². The predicted octanol–water partition coefficient (Wildman–Crippen LogP) is 6.36. The topological polar surface area (TPSA) is 0 Å². The van der Waals surface area contributed by atoms with E-state index >= 15 is 0 Å². The highest BCUT2D eigenvalue weighted by atomic mass is 79.9. The van der Waals surface area contributed by atoms with Gasteiger partial charge >= 0.3 is 0 Å². The van der Waals surface area contributed by atoms with E-state index in [-0.39, 0.29) is 5.41 Å². The van der Waals surface area contributed by atoms with Crippen LogP contribution < -0.4 is 0 Å². The van der Waals surface area contributed by atoms with Crippen LogP contribution in [0.1, 0.15) is 53.9 Å². The van der Waals surface area contributed by atoms with E-state index in [0.717, 1.165) is 10.9 Å². The van der Waals surface area contributed by atoms with E-state index in [1.54, 1.807) is 0 Å². The van der Waals surface area contributed by atoms with Crippen LogP contribution in [0.2, 0.25) is 0 Å². The lowest BCUT2D eigenvalue weighted by atomic mass is 9.73. The molecule has 0 aliphatic heterocycles. The zero-order valence-electron chi connectivity index (χ0n) is 14.0. The molecule has 0 unspecified atom stereocenters. The standard InChI is InChI=1S/C20H27Br/c1-16(8-6-9-17(2)13-15-21)11-12-19-18(3)10-7-14-20(19,4)5/h6,8-9,13H,7,10,14-15H2,1-5H3. The molecule has 1 rings (SSSR count). The summed E-state index contributed by atoms with van der Waals surface area (Å²) in [6.45, 7) is 11.0. The zero-order valence-corrected chi connectivity index (χ0v) is 15.6. The lowest BCUT2D eigenvalue weighted by molar-refractivity contribution is 0.380. The minimum Gasteiger partial charge on any atom is -0.0883 e. The molecular formula is C20H27Br. The molecule has 0 N–H and O–H groups in total. The fourth-order valence-electron chi connectivity index (χ4n) is 2.64. The zero-order chi connectivity index (χ0) is 15.9. The van der Waals surface area contributed by atoms with Gasteiger partial charge in [-0.2, -0.15) is 0 Å².